The van der Waals surface area contributed by atoms with Gasteiger partial charge in [-0.25, -0.2) is 4.39 Å². The summed E-state index contributed by atoms with van der Waals surface area (Å²) in [6, 6.07) is 7.09. The van der Waals surface area contributed by atoms with Gasteiger partial charge in [0, 0.05) is 6.04 Å². The zero-order chi connectivity index (χ0) is 12.1. The molecule has 0 saturated heterocycles. The summed E-state index contributed by atoms with van der Waals surface area (Å²) in [5.74, 6) is 6.12. The van der Waals surface area contributed by atoms with E-state index in [1.807, 2.05) is 6.07 Å². The molecule has 2 rings (SSSR count). The van der Waals surface area contributed by atoms with Gasteiger partial charge >= 0.3 is 0 Å². The van der Waals surface area contributed by atoms with E-state index in [1.54, 1.807) is 12.1 Å². The van der Waals surface area contributed by atoms with Gasteiger partial charge in [-0.3, -0.25) is 11.3 Å². The van der Waals surface area contributed by atoms with Gasteiger partial charge < -0.3 is 0 Å². The maximum Gasteiger partial charge on any atom is 0.123 e. The lowest BCUT2D eigenvalue weighted by atomic mass is 9.82. The van der Waals surface area contributed by atoms with Gasteiger partial charge in [-0.2, -0.15) is 0 Å². The van der Waals surface area contributed by atoms with E-state index in [4.69, 9.17) is 5.84 Å². The van der Waals surface area contributed by atoms with E-state index in [0.29, 0.717) is 5.92 Å². The highest BCUT2D eigenvalue weighted by Crippen LogP contribution is 2.27. The first-order valence-electron chi connectivity index (χ1n) is 6.50. The molecule has 0 amide bonds. The largest absolute Gasteiger partial charge is 0.271 e. The zero-order valence-electron chi connectivity index (χ0n) is 10.2. The Labute approximate surface area is 102 Å². The summed E-state index contributed by atoms with van der Waals surface area (Å²) in [6.07, 6.45) is 7.24. The quantitative estimate of drug-likeness (QED) is 0.623. The van der Waals surface area contributed by atoms with Crippen LogP contribution in [0.2, 0.25) is 0 Å². The predicted molar refractivity (Wildman–Crippen MR) is 67.8 cm³/mol. The monoisotopic (exact) mass is 236 g/mol. The summed E-state index contributed by atoms with van der Waals surface area (Å²) in [7, 11) is 0. The normalized spacial score (nSPS) is 19.2. The number of hydrogen-bond acceptors (Lipinski definition) is 2. The topological polar surface area (TPSA) is 38.0 Å². The Morgan fingerprint density at radius 3 is 2.71 bits per heavy atom. The van der Waals surface area contributed by atoms with E-state index in [9.17, 15) is 4.39 Å². The lowest BCUT2D eigenvalue weighted by Crippen LogP contribution is -2.43. The van der Waals surface area contributed by atoms with Crippen LogP contribution in [0.3, 0.4) is 0 Å². The predicted octanol–water partition coefficient (Wildman–Crippen LogP) is 2.78. The van der Waals surface area contributed by atoms with Crippen LogP contribution < -0.4 is 11.3 Å². The summed E-state index contributed by atoms with van der Waals surface area (Å²) in [4.78, 5) is 0. The van der Waals surface area contributed by atoms with Gasteiger partial charge in [0.05, 0.1) is 0 Å². The molecule has 1 aromatic rings. The fourth-order valence-corrected chi connectivity index (χ4v) is 2.82. The highest BCUT2D eigenvalue weighted by Gasteiger charge is 2.22. The number of rotatable bonds is 4. The SMILES string of the molecule is NNC(Cc1cccc(F)c1)C1CCCCC1. The van der Waals surface area contributed by atoms with Crippen molar-refractivity contribution in [1.29, 1.82) is 0 Å². The van der Waals surface area contributed by atoms with Crippen LogP contribution in [0.1, 0.15) is 37.7 Å². The second-order valence-electron chi connectivity index (χ2n) is 5.01. The first-order chi connectivity index (χ1) is 8.29. The minimum Gasteiger partial charge on any atom is -0.271 e. The third-order valence-corrected chi connectivity index (χ3v) is 3.78. The molecule has 0 heterocycles. The minimum atomic E-state index is -0.165. The molecule has 0 aliphatic heterocycles. The summed E-state index contributed by atoms with van der Waals surface area (Å²) >= 11 is 0. The van der Waals surface area contributed by atoms with Crippen molar-refractivity contribution < 1.29 is 4.39 Å². The molecular weight excluding hydrogens is 215 g/mol. The van der Waals surface area contributed by atoms with E-state index < -0.39 is 0 Å². The average molecular weight is 236 g/mol. The molecule has 0 radical (unpaired) electrons. The van der Waals surface area contributed by atoms with E-state index in [-0.39, 0.29) is 11.9 Å². The lowest BCUT2D eigenvalue weighted by molar-refractivity contribution is 0.268. The van der Waals surface area contributed by atoms with Gasteiger partial charge in [-0.05, 0) is 42.9 Å². The Balaban J connectivity index is 1.98. The fraction of sp³-hybridized carbons (Fsp3) is 0.571. The molecule has 1 aliphatic carbocycles. The second-order valence-corrected chi connectivity index (χ2v) is 5.01. The third kappa shape index (κ3) is 3.51. The van der Waals surface area contributed by atoms with Gasteiger partial charge in [0.25, 0.3) is 0 Å². The van der Waals surface area contributed by atoms with Crippen LogP contribution in [0.5, 0.6) is 0 Å². The van der Waals surface area contributed by atoms with Gasteiger partial charge in [0.2, 0.25) is 0 Å². The van der Waals surface area contributed by atoms with Crippen LogP contribution in [0, 0.1) is 11.7 Å². The first-order valence-corrected chi connectivity index (χ1v) is 6.50. The molecule has 0 bridgehead atoms. The zero-order valence-corrected chi connectivity index (χ0v) is 10.2. The molecule has 1 fully saturated rings. The van der Waals surface area contributed by atoms with Crippen LogP contribution in [0.15, 0.2) is 24.3 Å². The Bertz CT molecular complexity index is 348. The van der Waals surface area contributed by atoms with Crippen molar-refractivity contribution in [1.82, 2.24) is 5.43 Å². The highest BCUT2D eigenvalue weighted by molar-refractivity contribution is 5.17. The number of benzene rings is 1. The summed E-state index contributed by atoms with van der Waals surface area (Å²) in [6.45, 7) is 0. The van der Waals surface area contributed by atoms with Gasteiger partial charge in [0.1, 0.15) is 5.82 Å². The molecule has 0 spiro atoms. The van der Waals surface area contributed by atoms with Crippen molar-refractivity contribution in [2.75, 3.05) is 0 Å². The standard InChI is InChI=1S/C14H21FN2/c15-13-8-4-5-11(9-13)10-14(17-16)12-6-2-1-3-7-12/h4-5,8-9,12,14,17H,1-3,6-7,10,16H2. The van der Waals surface area contributed by atoms with E-state index in [1.165, 1.54) is 38.2 Å². The Kier molecular flexibility index (Phi) is 4.51. The Morgan fingerprint density at radius 2 is 2.06 bits per heavy atom. The van der Waals surface area contributed by atoms with Crippen LogP contribution in [-0.4, -0.2) is 6.04 Å². The van der Waals surface area contributed by atoms with E-state index in [2.05, 4.69) is 5.43 Å². The Morgan fingerprint density at radius 1 is 1.29 bits per heavy atom. The first kappa shape index (κ1) is 12.5. The molecule has 2 nitrogen and oxygen atoms in total. The maximum absolute atomic E-state index is 13.1. The molecule has 1 aromatic carbocycles. The van der Waals surface area contributed by atoms with Crippen molar-refractivity contribution in [2.24, 2.45) is 11.8 Å². The van der Waals surface area contributed by atoms with Crippen LogP contribution >= 0.6 is 0 Å². The number of hydrazine groups is 1. The van der Waals surface area contributed by atoms with Crippen molar-refractivity contribution in [2.45, 2.75) is 44.6 Å². The maximum atomic E-state index is 13.1. The molecule has 1 unspecified atom stereocenters. The molecule has 3 N–H and O–H groups in total. The number of halogens is 1. The molecule has 17 heavy (non-hydrogen) atoms. The van der Waals surface area contributed by atoms with Crippen LogP contribution in [0.25, 0.3) is 0 Å². The number of nitrogens with one attached hydrogen (secondary N) is 1. The van der Waals surface area contributed by atoms with Crippen molar-refractivity contribution in [3.8, 4) is 0 Å². The minimum absolute atomic E-state index is 0.165. The molecule has 0 aromatic heterocycles. The van der Waals surface area contributed by atoms with Crippen molar-refractivity contribution in [3.05, 3.63) is 35.6 Å². The molecular formula is C14H21FN2. The number of hydrogen-bond donors (Lipinski definition) is 2. The van der Waals surface area contributed by atoms with Gasteiger partial charge in [0.15, 0.2) is 0 Å². The molecule has 94 valence electrons. The third-order valence-electron chi connectivity index (χ3n) is 3.78. The number of nitrogens with two attached hydrogens (primary N) is 1. The summed E-state index contributed by atoms with van der Waals surface area (Å²) in [5, 5.41) is 0. The van der Waals surface area contributed by atoms with Crippen molar-refractivity contribution in [3.63, 3.8) is 0 Å². The fourth-order valence-electron chi connectivity index (χ4n) is 2.82. The second kappa shape index (κ2) is 6.12. The Hall–Kier alpha value is -0.930. The average Bonchev–Trinajstić information content (AvgIpc) is 2.37. The lowest BCUT2D eigenvalue weighted by Gasteiger charge is -2.29. The van der Waals surface area contributed by atoms with Crippen molar-refractivity contribution >= 4 is 0 Å². The molecule has 3 heteroatoms. The molecule has 1 atom stereocenters. The van der Waals surface area contributed by atoms with Crippen LogP contribution in [0.4, 0.5) is 4.39 Å². The highest BCUT2D eigenvalue weighted by atomic mass is 19.1. The summed E-state index contributed by atoms with van der Waals surface area (Å²) in [5.41, 5.74) is 3.94. The van der Waals surface area contributed by atoms with Gasteiger partial charge in [-0.15, -0.1) is 0 Å². The van der Waals surface area contributed by atoms with Crippen LogP contribution in [-0.2, 0) is 6.42 Å². The van der Waals surface area contributed by atoms with E-state index in [0.717, 1.165) is 12.0 Å². The molecule has 1 aliphatic rings. The van der Waals surface area contributed by atoms with Gasteiger partial charge in [-0.1, -0.05) is 31.4 Å². The smallest absolute Gasteiger partial charge is 0.123 e. The summed E-state index contributed by atoms with van der Waals surface area (Å²) < 4.78 is 13.1. The van der Waals surface area contributed by atoms with E-state index >= 15 is 0 Å². The molecule has 1 saturated carbocycles.